The van der Waals surface area contributed by atoms with E-state index in [1.165, 1.54) is 0 Å². The number of carbonyl (C=O) groups excluding carboxylic acids is 1. The van der Waals surface area contributed by atoms with Crippen LogP contribution >= 0.6 is 11.3 Å². The van der Waals surface area contributed by atoms with Gasteiger partial charge in [-0.1, -0.05) is 18.2 Å². The number of thiophene rings is 1. The van der Waals surface area contributed by atoms with E-state index in [1.807, 2.05) is 25.1 Å². The molecule has 4 aromatic rings. The minimum atomic E-state index is -1.15. The van der Waals surface area contributed by atoms with Crippen molar-refractivity contribution >= 4 is 39.2 Å². The largest absolute Gasteiger partial charge is 0.478 e. The molecule has 0 saturated heterocycles. The number of anilines is 1. The third kappa shape index (κ3) is 3.14. The molecule has 7 nitrogen and oxygen atoms in total. The summed E-state index contributed by atoms with van der Waals surface area (Å²) in [4.78, 5) is 33.2. The number of aryl methyl sites for hydroxylation is 2. The summed E-state index contributed by atoms with van der Waals surface area (Å²) in [6, 6.07) is 8.87. The van der Waals surface area contributed by atoms with Crippen molar-refractivity contribution in [2.24, 2.45) is 0 Å². The van der Waals surface area contributed by atoms with Crippen LogP contribution in [0.25, 0.3) is 22.2 Å². The molecule has 0 saturated carbocycles. The summed E-state index contributed by atoms with van der Waals surface area (Å²) in [5.41, 5.74) is 2.83. The van der Waals surface area contributed by atoms with Crippen molar-refractivity contribution in [3.05, 3.63) is 64.6 Å². The van der Waals surface area contributed by atoms with Crippen LogP contribution < -0.4 is 5.32 Å². The number of carbonyl (C=O) groups is 2. The van der Waals surface area contributed by atoms with Crippen LogP contribution in [0.1, 0.15) is 32.3 Å². The Hall–Kier alpha value is -3.52. The Morgan fingerprint density at radius 2 is 2.00 bits per heavy atom. The standard InChI is InChI=1S/C20H15N3O4S/c1-10-8-21-17(11(2)22-10)13-9-28-19(16(13)20(25)26)23-18(24)15-7-12-5-3-4-6-14(12)27-15/h3-9H,1-2H3,(H,23,24)(H,25,26). The molecule has 0 spiro atoms. The fourth-order valence-electron chi connectivity index (χ4n) is 2.96. The molecule has 0 fully saturated rings. The van der Waals surface area contributed by atoms with Gasteiger partial charge in [0.05, 0.1) is 17.1 Å². The second-order valence-electron chi connectivity index (χ2n) is 6.21. The summed E-state index contributed by atoms with van der Waals surface area (Å²) in [5, 5.41) is 15.0. The van der Waals surface area contributed by atoms with E-state index in [-0.39, 0.29) is 16.3 Å². The Bertz CT molecular complexity index is 1190. The Labute approximate surface area is 163 Å². The van der Waals surface area contributed by atoms with E-state index < -0.39 is 11.9 Å². The first-order valence-electron chi connectivity index (χ1n) is 8.39. The third-order valence-corrected chi connectivity index (χ3v) is 5.10. The SMILES string of the molecule is Cc1cnc(-c2csc(NC(=O)c3cc4ccccc4o3)c2C(=O)O)c(C)n1. The van der Waals surface area contributed by atoms with Gasteiger partial charge in [-0.3, -0.25) is 14.8 Å². The van der Waals surface area contributed by atoms with Crippen molar-refractivity contribution in [1.29, 1.82) is 0 Å². The number of aromatic carboxylic acids is 1. The lowest BCUT2D eigenvalue weighted by Gasteiger charge is -2.06. The lowest BCUT2D eigenvalue weighted by atomic mass is 10.1. The highest BCUT2D eigenvalue weighted by atomic mass is 32.1. The van der Waals surface area contributed by atoms with E-state index >= 15 is 0 Å². The van der Waals surface area contributed by atoms with Gasteiger partial charge in [-0.2, -0.15) is 0 Å². The number of para-hydroxylation sites is 1. The van der Waals surface area contributed by atoms with Crippen molar-refractivity contribution in [2.45, 2.75) is 13.8 Å². The molecule has 1 amide bonds. The van der Waals surface area contributed by atoms with Crippen molar-refractivity contribution < 1.29 is 19.1 Å². The Morgan fingerprint density at radius 1 is 1.21 bits per heavy atom. The van der Waals surface area contributed by atoms with Gasteiger partial charge in [-0.15, -0.1) is 11.3 Å². The van der Waals surface area contributed by atoms with Gasteiger partial charge in [0, 0.05) is 22.5 Å². The van der Waals surface area contributed by atoms with Gasteiger partial charge in [0.2, 0.25) is 0 Å². The van der Waals surface area contributed by atoms with Gasteiger partial charge < -0.3 is 14.8 Å². The molecule has 28 heavy (non-hydrogen) atoms. The predicted molar refractivity (Wildman–Crippen MR) is 106 cm³/mol. The number of nitrogens with zero attached hydrogens (tertiary/aromatic N) is 2. The molecule has 140 valence electrons. The number of hydrogen-bond acceptors (Lipinski definition) is 6. The normalized spacial score (nSPS) is 10.9. The van der Waals surface area contributed by atoms with E-state index in [0.29, 0.717) is 22.5 Å². The minimum Gasteiger partial charge on any atom is -0.478 e. The Kier molecular flexibility index (Phi) is 4.40. The molecule has 0 aliphatic heterocycles. The quantitative estimate of drug-likeness (QED) is 0.528. The summed E-state index contributed by atoms with van der Waals surface area (Å²) in [6.07, 6.45) is 1.58. The lowest BCUT2D eigenvalue weighted by molar-refractivity contribution is 0.0699. The van der Waals surface area contributed by atoms with Crippen LogP contribution in [0.4, 0.5) is 5.00 Å². The van der Waals surface area contributed by atoms with Crippen LogP contribution in [0.15, 0.2) is 46.3 Å². The highest BCUT2D eigenvalue weighted by molar-refractivity contribution is 7.15. The number of rotatable bonds is 4. The molecule has 0 bridgehead atoms. The fourth-order valence-corrected chi connectivity index (χ4v) is 3.89. The van der Waals surface area contributed by atoms with Crippen LogP contribution in [0.3, 0.4) is 0 Å². The van der Waals surface area contributed by atoms with Crippen molar-refractivity contribution in [3.8, 4) is 11.3 Å². The molecule has 0 atom stereocenters. The number of nitrogens with one attached hydrogen (secondary N) is 1. The van der Waals surface area contributed by atoms with Crippen molar-refractivity contribution in [3.63, 3.8) is 0 Å². The van der Waals surface area contributed by atoms with Gasteiger partial charge in [-0.05, 0) is 26.0 Å². The third-order valence-electron chi connectivity index (χ3n) is 4.20. The van der Waals surface area contributed by atoms with Gasteiger partial charge in [-0.25, -0.2) is 4.79 Å². The van der Waals surface area contributed by atoms with E-state index in [0.717, 1.165) is 22.4 Å². The zero-order valence-corrected chi connectivity index (χ0v) is 15.8. The zero-order valence-electron chi connectivity index (χ0n) is 15.0. The number of aromatic nitrogens is 2. The zero-order chi connectivity index (χ0) is 19.8. The molecule has 0 unspecified atom stereocenters. The predicted octanol–water partition coefficient (Wildman–Crippen LogP) is 4.52. The number of benzene rings is 1. The second kappa shape index (κ2) is 6.90. The number of furan rings is 1. The summed E-state index contributed by atoms with van der Waals surface area (Å²) >= 11 is 1.12. The highest BCUT2D eigenvalue weighted by Gasteiger charge is 2.24. The van der Waals surface area contributed by atoms with E-state index in [4.69, 9.17) is 4.42 Å². The summed E-state index contributed by atoms with van der Waals surface area (Å²) in [7, 11) is 0. The average Bonchev–Trinajstić information content (AvgIpc) is 3.26. The topological polar surface area (TPSA) is 105 Å². The Balaban J connectivity index is 1.71. The first-order chi connectivity index (χ1) is 13.4. The average molecular weight is 393 g/mol. The monoisotopic (exact) mass is 393 g/mol. The maximum Gasteiger partial charge on any atom is 0.339 e. The molecule has 0 radical (unpaired) electrons. The summed E-state index contributed by atoms with van der Waals surface area (Å²) in [5.74, 6) is -1.56. The van der Waals surface area contributed by atoms with Gasteiger partial charge >= 0.3 is 5.97 Å². The van der Waals surface area contributed by atoms with Crippen LogP contribution in [0.5, 0.6) is 0 Å². The highest BCUT2D eigenvalue weighted by Crippen LogP contribution is 2.36. The maximum absolute atomic E-state index is 12.6. The Morgan fingerprint density at radius 3 is 2.71 bits per heavy atom. The second-order valence-corrected chi connectivity index (χ2v) is 7.09. The molecule has 4 rings (SSSR count). The molecule has 3 heterocycles. The summed E-state index contributed by atoms with van der Waals surface area (Å²) in [6.45, 7) is 3.58. The fraction of sp³-hybridized carbons (Fsp3) is 0.100. The minimum absolute atomic E-state index is 0.0179. The van der Waals surface area contributed by atoms with Crippen molar-refractivity contribution in [2.75, 3.05) is 5.32 Å². The molecule has 3 aromatic heterocycles. The van der Waals surface area contributed by atoms with Gasteiger partial charge in [0.1, 0.15) is 16.1 Å². The van der Waals surface area contributed by atoms with E-state index in [2.05, 4.69) is 15.3 Å². The first-order valence-corrected chi connectivity index (χ1v) is 9.27. The maximum atomic E-state index is 12.6. The van der Waals surface area contributed by atoms with Crippen LogP contribution in [-0.4, -0.2) is 27.0 Å². The first kappa shape index (κ1) is 17.9. The van der Waals surface area contributed by atoms with E-state index in [1.54, 1.807) is 30.6 Å². The van der Waals surface area contributed by atoms with Crippen LogP contribution in [0.2, 0.25) is 0 Å². The van der Waals surface area contributed by atoms with Gasteiger partial charge in [0.15, 0.2) is 5.76 Å². The number of carboxylic acids is 1. The van der Waals surface area contributed by atoms with E-state index in [9.17, 15) is 14.7 Å². The lowest BCUT2D eigenvalue weighted by Crippen LogP contribution is -2.13. The molecule has 2 N–H and O–H groups in total. The van der Waals surface area contributed by atoms with Gasteiger partial charge in [0.25, 0.3) is 5.91 Å². The molecule has 8 heteroatoms. The number of hydrogen-bond donors (Lipinski definition) is 2. The number of fused-ring (bicyclic) bond motifs is 1. The van der Waals surface area contributed by atoms with Crippen molar-refractivity contribution in [1.82, 2.24) is 9.97 Å². The molecule has 0 aliphatic rings. The molecule has 1 aromatic carbocycles. The molecule has 0 aliphatic carbocycles. The summed E-state index contributed by atoms with van der Waals surface area (Å²) < 4.78 is 5.55. The molecular weight excluding hydrogens is 378 g/mol. The van der Waals surface area contributed by atoms with Crippen LogP contribution in [-0.2, 0) is 0 Å². The smallest absolute Gasteiger partial charge is 0.339 e. The number of amides is 1. The van der Waals surface area contributed by atoms with Crippen LogP contribution in [0, 0.1) is 13.8 Å². The number of carboxylic acid groups (broad SMARTS) is 1. The molecular formula is C20H15N3O4S.